The maximum Gasteiger partial charge on any atom is 0.319 e. The van der Waals surface area contributed by atoms with E-state index in [0.29, 0.717) is 6.42 Å². The van der Waals surface area contributed by atoms with Crippen LogP contribution in [-0.2, 0) is 4.79 Å². The fourth-order valence-corrected chi connectivity index (χ4v) is 2.43. The molecule has 0 fully saturated rings. The van der Waals surface area contributed by atoms with Crippen LogP contribution in [0, 0.1) is 0 Å². The lowest BCUT2D eigenvalue weighted by Gasteiger charge is -2.04. The van der Waals surface area contributed by atoms with Crippen LogP contribution in [0.5, 0.6) is 0 Å². The van der Waals surface area contributed by atoms with E-state index in [9.17, 15) is 9.18 Å². The number of carbonyl (C=O) groups excluding carboxylic acids is 1. The normalized spacial score (nSPS) is 12.6. The van der Waals surface area contributed by atoms with Crippen molar-refractivity contribution in [1.82, 2.24) is 0 Å². The number of alkyl halides is 1. The van der Waals surface area contributed by atoms with E-state index < -0.39 is 11.4 Å². The molecule has 0 aromatic rings. The van der Waals surface area contributed by atoms with E-state index in [2.05, 4.69) is 6.92 Å². The van der Waals surface area contributed by atoms with Gasteiger partial charge in [-0.2, -0.15) is 4.39 Å². The molecule has 0 N–H and O–H groups in total. The van der Waals surface area contributed by atoms with Crippen LogP contribution in [0.25, 0.3) is 0 Å². The van der Waals surface area contributed by atoms with Gasteiger partial charge in [-0.25, -0.2) is 0 Å². The van der Waals surface area contributed by atoms with Crippen LogP contribution in [0.4, 0.5) is 4.39 Å². The summed E-state index contributed by atoms with van der Waals surface area (Å²) in [7, 11) is 0. The molecule has 0 heterocycles. The first kappa shape index (κ1) is 18.9. The highest BCUT2D eigenvalue weighted by atomic mass is 35.5. The summed E-state index contributed by atoms with van der Waals surface area (Å²) in [6, 6.07) is -1.38. The highest BCUT2D eigenvalue weighted by molar-refractivity contribution is 6.29. The molecule has 0 rings (SSSR count). The van der Waals surface area contributed by atoms with Crippen LogP contribution in [0.1, 0.15) is 90.4 Å². The molecule has 1 atom stereocenters. The Hall–Kier alpha value is -0.110. The Bertz CT molecular complexity index is 209. The molecule has 19 heavy (non-hydrogen) atoms. The first-order valence-corrected chi connectivity index (χ1v) is 8.45. The lowest BCUT2D eigenvalue weighted by Crippen LogP contribution is -2.07. The number of unbranched alkanes of at least 4 members (excludes halogenated alkanes) is 11. The maximum absolute atomic E-state index is 12.2. The van der Waals surface area contributed by atoms with Crippen molar-refractivity contribution >= 4 is 17.6 Å². The van der Waals surface area contributed by atoms with Gasteiger partial charge < -0.3 is 0 Å². The van der Waals surface area contributed by atoms with Gasteiger partial charge in [0.1, 0.15) is 5.38 Å². The molecule has 0 saturated carbocycles. The van der Waals surface area contributed by atoms with Gasteiger partial charge in [0.25, 0.3) is 0 Å². The van der Waals surface area contributed by atoms with Crippen molar-refractivity contribution in [2.45, 2.75) is 95.8 Å². The van der Waals surface area contributed by atoms with E-state index >= 15 is 0 Å². The molecule has 0 aliphatic heterocycles. The molecule has 0 saturated heterocycles. The molecule has 0 bridgehead atoms. The van der Waals surface area contributed by atoms with Crippen molar-refractivity contribution in [2.75, 3.05) is 0 Å². The maximum atomic E-state index is 12.2. The van der Waals surface area contributed by atoms with Gasteiger partial charge in [-0.15, -0.1) is 11.6 Å². The van der Waals surface area contributed by atoms with Gasteiger partial charge in [-0.05, 0) is 6.42 Å². The van der Waals surface area contributed by atoms with Crippen molar-refractivity contribution in [1.29, 1.82) is 0 Å². The molecular formula is C16H30ClFO. The Kier molecular flexibility index (Phi) is 14.2. The zero-order chi connectivity index (χ0) is 14.3. The smallest absolute Gasteiger partial charge is 0.259 e. The molecule has 0 amide bonds. The Balaban J connectivity index is 3.05. The topological polar surface area (TPSA) is 17.1 Å². The van der Waals surface area contributed by atoms with Crippen LogP contribution >= 0.6 is 11.6 Å². The summed E-state index contributed by atoms with van der Waals surface area (Å²) in [4.78, 5) is 10.3. The number of hydrogen-bond donors (Lipinski definition) is 0. The fraction of sp³-hybridized carbons (Fsp3) is 0.938. The second-order valence-electron chi connectivity index (χ2n) is 5.45. The molecule has 1 nitrogen and oxygen atoms in total. The van der Waals surface area contributed by atoms with Gasteiger partial charge in [0, 0.05) is 0 Å². The van der Waals surface area contributed by atoms with Crippen molar-refractivity contribution < 1.29 is 9.18 Å². The van der Waals surface area contributed by atoms with Crippen LogP contribution in [0.3, 0.4) is 0 Å². The molecule has 0 aliphatic rings. The van der Waals surface area contributed by atoms with Gasteiger partial charge >= 0.3 is 6.04 Å². The summed E-state index contributed by atoms with van der Waals surface area (Å²) in [5, 5.41) is -0.914. The van der Waals surface area contributed by atoms with Crippen molar-refractivity contribution in [2.24, 2.45) is 0 Å². The van der Waals surface area contributed by atoms with Gasteiger partial charge in [-0.3, -0.25) is 4.79 Å². The largest absolute Gasteiger partial charge is 0.319 e. The minimum Gasteiger partial charge on any atom is -0.259 e. The van der Waals surface area contributed by atoms with E-state index in [1.165, 1.54) is 64.2 Å². The predicted octanol–water partition coefficient (Wildman–Crippen LogP) is 6.18. The van der Waals surface area contributed by atoms with Gasteiger partial charge in [0.15, 0.2) is 0 Å². The summed E-state index contributed by atoms with van der Waals surface area (Å²) in [5.74, 6) is 0. The predicted molar refractivity (Wildman–Crippen MR) is 81.5 cm³/mol. The number of carbonyl (C=O) groups is 1. The summed E-state index contributed by atoms with van der Waals surface area (Å²) >= 11 is 5.52. The first-order chi connectivity index (χ1) is 9.18. The molecular weight excluding hydrogens is 263 g/mol. The summed E-state index contributed by atoms with van der Waals surface area (Å²) in [6.07, 6.45) is 15.7. The van der Waals surface area contributed by atoms with Crippen LogP contribution in [0.2, 0.25) is 0 Å². The second kappa shape index (κ2) is 14.3. The van der Waals surface area contributed by atoms with E-state index in [4.69, 9.17) is 11.6 Å². The van der Waals surface area contributed by atoms with Crippen LogP contribution < -0.4 is 0 Å². The Labute approximate surface area is 123 Å². The minimum atomic E-state index is -1.38. The molecule has 0 aromatic carbocycles. The lowest BCUT2D eigenvalue weighted by atomic mass is 10.0. The monoisotopic (exact) mass is 292 g/mol. The van der Waals surface area contributed by atoms with E-state index in [0.717, 1.165) is 12.8 Å². The Morgan fingerprint density at radius 3 is 1.58 bits per heavy atom. The lowest BCUT2D eigenvalue weighted by molar-refractivity contribution is -0.129. The summed E-state index contributed by atoms with van der Waals surface area (Å²) in [5.41, 5.74) is 0. The number of rotatable bonds is 14. The molecule has 1 unspecified atom stereocenters. The van der Waals surface area contributed by atoms with E-state index in [1.807, 2.05) is 0 Å². The SMILES string of the molecule is CCCCCCCCCCCCCCC(Cl)C(=O)F. The molecule has 0 aromatic heterocycles. The molecule has 114 valence electrons. The summed E-state index contributed by atoms with van der Waals surface area (Å²) in [6.45, 7) is 2.25. The average molecular weight is 293 g/mol. The van der Waals surface area contributed by atoms with Gasteiger partial charge in [-0.1, -0.05) is 84.0 Å². The zero-order valence-electron chi connectivity index (χ0n) is 12.4. The van der Waals surface area contributed by atoms with Crippen LogP contribution in [-0.4, -0.2) is 11.4 Å². The molecule has 3 heteroatoms. The van der Waals surface area contributed by atoms with E-state index in [-0.39, 0.29) is 0 Å². The fourth-order valence-electron chi connectivity index (χ4n) is 2.28. The molecule has 0 aliphatic carbocycles. The minimum absolute atomic E-state index is 0.480. The zero-order valence-corrected chi connectivity index (χ0v) is 13.2. The third-order valence-corrected chi connectivity index (χ3v) is 3.95. The standard InChI is InChI=1S/C16H30ClFO/c1-2-3-4-5-6-7-8-9-10-11-12-13-14-15(17)16(18)19/h15H,2-14H2,1H3. The third-order valence-electron chi connectivity index (χ3n) is 3.56. The van der Waals surface area contributed by atoms with Gasteiger partial charge in [0.2, 0.25) is 0 Å². The van der Waals surface area contributed by atoms with E-state index in [1.54, 1.807) is 0 Å². The van der Waals surface area contributed by atoms with Crippen LogP contribution in [0.15, 0.2) is 0 Å². The quantitative estimate of drug-likeness (QED) is 0.212. The van der Waals surface area contributed by atoms with Crippen molar-refractivity contribution in [3.8, 4) is 0 Å². The average Bonchev–Trinajstić information content (AvgIpc) is 2.39. The number of hydrogen-bond acceptors (Lipinski definition) is 1. The highest BCUT2D eigenvalue weighted by Crippen LogP contribution is 2.14. The summed E-state index contributed by atoms with van der Waals surface area (Å²) < 4.78 is 12.2. The van der Waals surface area contributed by atoms with Gasteiger partial charge in [0.05, 0.1) is 0 Å². The Morgan fingerprint density at radius 1 is 0.842 bits per heavy atom. The highest BCUT2D eigenvalue weighted by Gasteiger charge is 2.12. The first-order valence-electron chi connectivity index (χ1n) is 8.02. The van der Waals surface area contributed by atoms with Crippen molar-refractivity contribution in [3.05, 3.63) is 0 Å². The second-order valence-corrected chi connectivity index (χ2v) is 5.98. The molecule has 0 radical (unpaired) electrons. The molecule has 0 spiro atoms. The third kappa shape index (κ3) is 14.1. The number of halogens is 2. The Morgan fingerprint density at radius 2 is 1.21 bits per heavy atom. The van der Waals surface area contributed by atoms with Crippen molar-refractivity contribution in [3.63, 3.8) is 0 Å².